The van der Waals surface area contributed by atoms with Crippen molar-refractivity contribution in [2.75, 3.05) is 0 Å². The van der Waals surface area contributed by atoms with Crippen molar-refractivity contribution in [2.45, 2.75) is 20.8 Å². The monoisotopic (exact) mass is 229 g/mol. The Morgan fingerprint density at radius 2 is 1.93 bits per heavy atom. The lowest BCUT2D eigenvalue weighted by Crippen LogP contribution is -1.95. The zero-order valence-corrected chi connectivity index (χ0v) is 9.54. The van der Waals surface area contributed by atoms with E-state index in [4.69, 9.17) is 11.6 Å². The molecule has 0 heterocycles. The summed E-state index contributed by atoms with van der Waals surface area (Å²) in [6.07, 6.45) is 0. The number of benzene rings is 1. The van der Waals surface area contributed by atoms with E-state index in [-0.39, 0.29) is 11.3 Å². The number of nitrogens with zero attached hydrogens (tertiary/aromatic N) is 1. The van der Waals surface area contributed by atoms with Crippen LogP contribution < -0.4 is 0 Å². The molecule has 15 heavy (non-hydrogen) atoms. The van der Waals surface area contributed by atoms with Crippen molar-refractivity contribution in [3.63, 3.8) is 0 Å². The molecule has 0 aliphatic rings. The SMILES string of the molecule is CC.Cc1ccc(C(=O)Cl)cc1[N+](=O)[O-]. The first-order chi connectivity index (χ1) is 7.02. The molecule has 1 aromatic rings. The van der Waals surface area contributed by atoms with E-state index in [1.165, 1.54) is 18.2 Å². The molecule has 0 saturated carbocycles. The summed E-state index contributed by atoms with van der Waals surface area (Å²) in [6.45, 7) is 5.60. The van der Waals surface area contributed by atoms with Crippen LogP contribution in [-0.2, 0) is 0 Å². The minimum absolute atomic E-state index is 0.0912. The molecule has 4 nitrogen and oxygen atoms in total. The van der Waals surface area contributed by atoms with Crippen LogP contribution in [0.3, 0.4) is 0 Å². The van der Waals surface area contributed by atoms with Crippen LogP contribution in [0.4, 0.5) is 5.69 Å². The minimum Gasteiger partial charge on any atom is -0.276 e. The minimum atomic E-state index is -0.692. The van der Waals surface area contributed by atoms with Crippen molar-refractivity contribution in [2.24, 2.45) is 0 Å². The first-order valence-electron chi connectivity index (χ1n) is 4.47. The Morgan fingerprint density at radius 1 is 1.40 bits per heavy atom. The lowest BCUT2D eigenvalue weighted by molar-refractivity contribution is -0.385. The highest BCUT2D eigenvalue weighted by Crippen LogP contribution is 2.19. The number of nitro groups is 1. The Balaban J connectivity index is 0.000000921. The molecule has 1 rings (SSSR count). The molecule has 0 unspecified atom stereocenters. The summed E-state index contributed by atoms with van der Waals surface area (Å²) in [5, 5.41) is 9.76. The molecule has 0 atom stereocenters. The van der Waals surface area contributed by atoms with Crippen LogP contribution in [0.15, 0.2) is 18.2 Å². The molecule has 1 aromatic carbocycles. The van der Waals surface area contributed by atoms with E-state index in [1.807, 2.05) is 13.8 Å². The Hall–Kier alpha value is -1.42. The Bertz CT molecular complexity index is 377. The Kier molecular flexibility index (Phi) is 5.56. The van der Waals surface area contributed by atoms with Gasteiger partial charge in [-0.15, -0.1) is 0 Å². The molecule has 0 aliphatic carbocycles. The molecule has 0 radical (unpaired) electrons. The fourth-order valence-corrected chi connectivity index (χ4v) is 1.05. The predicted octanol–water partition coefficient (Wildman–Crippen LogP) is 3.31. The van der Waals surface area contributed by atoms with E-state index in [9.17, 15) is 14.9 Å². The standard InChI is InChI=1S/C8H6ClNO3.C2H6/c1-5-2-3-6(8(9)11)4-7(5)10(12)13;1-2/h2-4H,1H3;1-2H3. The summed E-state index contributed by atoms with van der Waals surface area (Å²) in [4.78, 5) is 20.6. The van der Waals surface area contributed by atoms with Gasteiger partial charge in [-0.2, -0.15) is 0 Å². The van der Waals surface area contributed by atoms with E-state index in [1.54, 1.807) is 6.92 Å². The molecule has 0 aromatic heterocycles. The van der Waals surface area contributed by atoms with E-state index < -0.39 is 10.2 Å². The Morgan fingerprint density at radius 3 is 2.33 bits per heavy atom. The maximum absolute atomic E-state index is 10.7. The lowest BCUT2D eigenvalue weighted by Gasteiger charge is -1.97. The number of hydrogen-bond donors (Lipinski definition) is 0. The second kappa shape index (κ2) is 6.14. The van der Waals surface area contributed by atoms with E-state index in [2.05, 4.69) is 0 Å². The van der Waals surface area contributed by atoms with Crippen molar-refractivity contribution in [3.8, 4) is 0 Å². The van der Waals surface area contributed by atoms with Crippen molar-refractivity contribution in [1.82, 2.24) is 0 Å². The molecule has 5 heteroatoms. The second-order valence-electron chi connectivity index (χ2n) is 2.53. The van der Waals surface area contributed by atoms with Gasteiger partial charge in [-0.3, -0.25) is 14.9 Å². The van der Waals surface area contributed by atoms with Gasteiger partial charge in [0.1, 0.15) is 0 Å². The van der Waals surface area contributed by atoms with Crippen LogP contribution in [0.1, 0.15) is 29.8 Å². The largest absolute Gasteiger partial charge is 0.276 e. The number of rotatable bonds is 2. The fourth-order valence-electron chi connectivity index (χ4n) is 0.928. The Labute approximate surface area is 93.0 Å². The van der Waals surface area contributed by atoms with Crippen molar-refractivity contribution in [1.29, 1.82) is 0 Å². The molecular weight excluding hydrogens is 218 g/mol. The maximum atomic E-state index is 10.7. The van der Waals surface area contributed by atoms with Gasteiger partial charge in [0.15, 0.2) is 0 Å². The summed E-state index contributed by atoms with van der Waals surface area (Å²) in [7, 11) is 0. The molecule has 0 fully saturated rings. The highest BCUT2D eigenvalue weighted by molar-refractivity contribution is 6.67. The fraction of sp³-hybridized carbons (Fsp3) is 0.300. The third-order valence-corrected chi connectivity index (χ3v) is 1.85. The van der Waals surface area contributed by atoms with Gasteiger partial charge in [-0.05, 0) is 24.6 Å². The van der Waals surface area contributed by atoms with Gasteiger partial charge in [0.25, 0.3) is 10.9 Å². The lowest BCUT2D eigenvalue weighted by atomic mass is 10.1. The maximum Gasteiger partial charge on any atom is 0.273 e. The van der Waals surface area contributed by atoms with Gasteiger partial charge in [-0.1, -0.05) is 19.9 Å². The molecule has 0 saturated heterocycles. The van der Waals surface area contributed by atoms with Gasteiger partial charge >= 0.3 is 0 Å². The molecule has 0 N–H and O–H groups in total. The zero-order chi connectivity index (χ0) is 12.0. The summed E-state index contributed by atoms with van der Waals surface area (Å²) in [5.41, 5.74) is 0.553. The molecule has 0 aliphatic heterocycles. The molecular formula is C10H12ClNO3. The van der Waals surface area contributed by atoms with Gasteiger partial charge in [-0.25, -0.2) is 0 Å². The number of carbonyl (C=O) groups is 1. The van der Waals surface area contributed by atoms with Crippen LogP contribution in [0.5, 0.6) is 0 Å². The predicted molar refractivity (Wildman–Crippen MR) is 59.4 cm³/mol. The normalized spacial score (nSPS) is 8.80. The van der Waals surface area contributed by atoms with Crippen LogP contribution in [0.2, 0.25) is 0 Å². The van der Waals surface area contributed by atoms with E-state index >= 15 is 0 Å². The van der Waals surface area contributed by atoms with Crippen molar-refractivity contribution < 1.29 is 9.72 Å². The average Bonchev–Trinajstić information content (AvgIpc) is 2.20. The number of nitro benzene ring substituents is 1. The first-order valence-corrected chi connectivity index (χ1v) is 4.85. The highest BCUT2D eigenvalue weighted by atomic mass is 35.5. The highest BCUT2D eigenvalue weighted by Gasteiger charge is 2.13. The summed E-state index contributed by atoms with van der Waals surface area (Å²) in [5.74, 6) is 0. The van der Waals surface area contributed by atoms with Crippen molar-refractivity contribution >= 4 is 22.5 Å². The summed E-state index contributed by atoms with van der Waals surface area (Å²) >= 11 is 5.17. The van der Waals surface area contributed by atoms with Gasteiger partial charge < -0.3 is 0 Å². The third kappa shape index (κ3) is 3.67. The number of halogens is 1. The molecule has 82 valence electrons. The quantitative estimate of drug-likeness (QED) is 0.444. The van der Waals surface area contributed by atoms with Gasteiger partial charge in [0.05, 0.1) is 4.92 Å². The first kappa shape index (κ1) is 13.6. The molecule has 0 spiro atoms. The molecule has 0 amide bonds. The summed E-state index contributed by atoms with van der Waals surface area (Å²) in [6, 6.07) is 4.12. The number of hydrogen-bond acceptors (Lipinski definition) is 3. The van der Waals surface area contributed by atoms with Crippen molar-refractivity contribution in [3.05, 3.63) is 39.4 Å². The van der Waals surface area contributed by atoms with Crippen LogP contribution >= 0.6 is 11.6 Å². The van der Waals surface area contributed by atoms with E-state index in [0.29, 0.717) is 5.56 Å². The van der Waals surface area contributed by atoms with Crippen LogP contribution in [-0.4, -0.2) is 10.2 Å². The second-order valence-corrected chi connectivity index (χ2v) is 2.88. The van der Waals surface area contributed by atoms with E-state index in [0.717, 1.165) is 0 Å². The van der Waals surface area contributed by atoms with Gasteiger partial charge in [0.2, 0.25) is 0 Å². The summed E-state index contributed by atoms with van der Waals surface area (Å²) < 4.78 is 0. The number of carbonyl (C=O) groups excluding carboxylic acids is 1. The average molecular weight is 230 g/mol. The van der Waals surface area contributed by atoms with Crippen LogP contribution in [0, 0.1) is 17.0 Å². The smallest absolute Gasteiger partial charge is 0.273 e. The number of aryl methyl sites for hydroxylation is 1. The topological polar surface area (TPSA) is 60.2 Å². The van der Waals surface area contributed by atoms with Gasteiger partial charge in [0, 0.05) is 17.2 Å². The van der Waals surface area contributed by atoms with Crippen LogP contribution in [0.25, 0.3) is 0 Å². The third-order valence-electron chi connectivity index (χ3n) is 1.63. The zero-order valence-electron chi connectivity index (χ0n) is 8.78. The molecule has 0 bridgehead atoms.